The van der Waals surface area contributed by atoms with Gasteiger partial charge in [0.1, 0.15) is 12.2 Å². The van der Waals surface area contributed by atoms with Gasteiger partial charge < -0.3 is 9.47 Å². The maximum atomic E-state index is 12.6. The number of fused-ring (bicyclic) bond motifs is 1. The lowest BCUT2D eigenvalue weighted by Crippen LogP contribution is -2.29. The van der Waals surface area contributed by atoms with Gasteiger partial charge in [0.2, 0.25) is 5.91 Å². The SMILES string of the molecule is CC(C)c1nncn1C1CCN(C(=O)CCc2nc3ccccc3s2)C1. The molecule has 1 saturated heterocycles. The second kappa shape index (κ2) is 7.15. The van der Waals surface area contributed by atoms with Crippen LogP contribution in [-0.4, -0.2) is 43.6 Å². The Balaban J connectivity index is 1.36. The smallest absolute Gasteiger partial charge is 0.223 e. The van der Waals surface area contributed by atoms with Gasteiger partial charge in [-0.1, -0.05) is 26.0 Å². The molecule has 3 aromatic rings. The fourth-order valence-corrected chi connectivity index (χ4v) is 4.51. The quantitative estimate of drug-likeness (QED) is 0.691. The number of aromatic nitrogens is 4. The topological polar surface area (TPSA) is 63.9 Å². The van der Waals surface area contributed by atoms with E-state index in [1.165, 1.54) is 4.70 Å². The first-order valence-electron chi connectivity index (χ1n) is 9.13. The molecule has 136 valence electrons. The Morgan fingerprint density at radius 3 is 3.00 bits per heavy atom. The predicted octanol–water partition coefficient (Wildman–Crippen LogP) is 3.42. The van der Waals surface area contributed by atoms with Crippen LogP contribution < -0.4 is 0 Å². The van der Waals surface area contributed by atoms with Crippen LogP contribution in [0.15, 0.2) is 30.6 Å². The van der Waals surface area contributed by atoms with Crippen LogP contribution in [0, 0.1) is 0 Å². The van der Waals surface area contributed by atoms with E-state index in [1.807, 2.05) is 23.1 Å². The molecule has 0 spiro atoms. The summed E-state index contributed by atoms with van der Waals surface area (Å²) in [5.74, 6) is 1.55. The predicted molar refractivity (Wildman–Crippen MR) is 102 cm³/mol. The number of amides is 1. The van der Waals surface area contributed by atoms with Crippen molar-refractivity contribution in [2.75, 3.05) is 13.1 Å². The molecule has 0 N–H and O–H groups in total. The largest absolute Gasteiger partial charge is 0.341 e. The first-order chi connectivity index (χ1) is 12.6. The van der Waals surface area contributed by atoms with E-state index >= 15 is 0 Å². The monoisotopic (exact) mass is 369 g/mol. The first kappa shape index (κ1) is 17.1. The zero-order valence-corrected chi connectivity index (χ0v) is 15.9. The number of benzene rings is 1. The number of likely N-dealkylation sites (tertiary alicyclic amines) is 1. The van der Waals surface area contributed by atoms with Crippen LogP contribution in [0.3, 0.4) is 0 Å². The van der Waals surface area contributed by atoms with Crippen molar-refractivity contribution >= 4 is 27.5 Å². The third-order valence-electron chi connectivity index (χ3n) is 4.92. The number of rotatable bonds is 5. The molecule has 2 aromatic heterocycles. The van der Waals surface area contributed by atoms with Gasteiger partial charge >= 0.3 is 0 Å². The number of para-hydroxylation sites is 1. The molecule has 1 fully saturated rings. The van der Waals surface area contributed by atoms with E-state index in [9.17, 15) is 4.79 Å². The number of carbonyl (C=O) groups excluding carboxylic acids is 1. The Morgan fingerprint density at radius 2 is 2.19 bits per heavy atom. The molecule has 1 aliphatic rings. The van der Waals surface area contributed by atoms with E-state index in [0.29, 0.717) is 18.8 Å². The van der Waals surface area contributed by atoms with Gasteiger partial charge in [-0.3, -0.25) is 4.79 Å². The molecule has 0 radical (unpaired) electrons. The summed E-state index contributed by atoms with van der Waals surface area (Å²) < 4.78 is 3.33. The minimum Gasteiger partial charge on any atom is -0.341 e. The molecule has 1 unspecified atom stereocenters. The summed E-state index contributed by atoms with van der Waals surface area (Å²) in [7, 11) is 0. The third-order valence-corrected chi connectivity index (χ3v) is 6.01. The van der Waals surface area contributed by atoms with Crippen LogP contribution in [0.4, 0.5) is 0 Å². The van der Waals surface area contributed by atoms with Gasteiger partial charge in [-0.2, -0.15) is 0 Å². The summed E-state index contributed by atoms with van der Waals surface area (Å²) in [4.78, 5) is 19.2. The van der Waals surface area contributed by atoms with Crippen LogP contribution >= 0.6 is 11.3 Å². The number of nitrogens with zero attached hydrogens (tertiary/aromatic N) is 5. The minimum absolute atomic E-state index is 0.214. The molecule has 6 nitrogen and oxygen atoms in total. The zero-order valence-electron chi connectivity index (χ0n) is 15.1. The lowest BCUT2D eigenvalue weighted by Gasteiger charge is -2.18. The van der Waals surface area contributed by atoms with Crippen molar-refractivity contribution in [2.24, 2.45) is 0 Å². The van der Waals surface area contributed by atoms with Crippen LogP contribution in [0.2, 0.25) is 0 Å². The van der Waals surface area contributed by atoms with E-state index in [4.69, 9.17) is 0 Å². The van der Waals surface area contributed by atoms with E-state index in [0.717, 1.165) is 35.9 Å². The van der Waals surface area contributed by atoms with Crippen LogP contribution in [0.1, 0.15) is 49.5 Å². The maximum absolute atomic E-state index is 12.6. The molecule has 3 heterocycles. The highest BCUT2D eigenvalue weighted by Gasteiger charge is 2.29. The van der Waals surface area contributed by atoms with Gasteiger partial charge in [0.05, 0.1) is 21.3 Å². The maximum Gasteiger partial charge on any atom is 0.223 e. The summed E-state index contributed by atoms with van der Waals surface area (Å²) in [6.07, 6.45) is 3.99. The van der Waals surface area contributed by atoms with Crippen LogP contribution in [0.25, 0.3) is 10.2 Å². The minimum atomic E-state index is 0.214. The number of thiazole rings is 1. The van der Waals surface area contributed by atoms with Crippen molar-refractivity contribution in [1.29, 1.82) is 0 Å². The zero-order chi connectivity index (χ0) is 18.1. The van der Waals surface area contributed by atoms with Crippen molar-refractivity contribution in [3.63, 3.8) is 0 Å². The van der Waals surface area contributed by atoms with Crippen molar-refractivity contribution in [1.82, 2.24) is 24.6 Å². The van der Waals surface area contributed by atoms with Crippen LogP contribution in [0.5, 0.6) is 0 Å². The number of aryl methyl sites for hydroxylation is 1. The van der Waals surface area contributed by atoms with Crippen molar-refractivity contribution < 1.29 is 4.79 Å². The molecular weight excluding hydrogens is 346 g/mol. The van der Waals surface area contributed by atoms with Crippen molar-refractivity contribution in [3.8, 4) is 0 Å². The Labute approximate surface area is 156 Å². The molecule has 1 aromatic carbocycles. The van der Waals surface area contributed by atoms with Crippen molar-refractivity contribution in [3.05, 3.63) is 41.4 Å². The Kier molecular flexibility index (Phi) is 4.72. The molecule has 26 heavy (non-hydrogen) atoms. The fraction of sp³-hybridized carbons (Fsp3) is 0.474. The van der Waals surface area contributed by atoms with Crippen LogP contribution in [-0.2, 0) is 11.2 Å². The van der Waals surface area contributed by atoms with E-state index < -0.39 is 0 Å². The summed E-state index contributed by atoms with van der Waals surface area (Å²) >= 11 is 1.68. The lowest BCUT2D eigenvalue weighted by molar-refractivity contribution is -0.130. The summed E-state index contributed by atoms with van der Waals surface area (Å²) in [5, 5.41) is 9.32. The van der Waals surface area contributed by atoms with Gasteiger partial charge in [0.15, 0.2) is 0 Å². The standard InChI is InChI=1S/C19H23N5OS/c1-13(2)19-22-20-12-24(19)14-9-10-23(11-14)18(25)8-7-17-21-15-5-3-4-6-16(15)26-17/h3-6,12-14H,7-11H2,1-2H3. The fourth-order valence-electron chi connectivity index (χ4n) is 3.54. The van der Waals surface area contributed by atoms with Gasteiger partial charge in [-0.15, -0.1) is 21.5 Å². The molecule has 7 heteroatoms. The second-order valence-corrected chi connectivity index (χ2v) is 8.22. The average molecular weight is 369 g/mol. The highest BCUT2D eigenvalue weighted by atomic mass is 32.1. The molecule has 1 aliphatic heterocycles. The Morgan fingerprint density at radius 1 is 1.35 bits per heavy atom. The number of carbonyl (C=O) groups is 1. The summed E-state index contributed by atoms with van der Waals surface area (Å²) in [5.41, 5.74) is 1.02. The molecule has 4 rings (SSSR count). The summed E-state index contributed by atoms with van der Waals surface area (Å²) in [6.45, 7) is 5.79. The lowest BCUT2D eigenvalue weighted by atomic mass is 10.2. The first-order valence-corrected chi connectivity index (χ1v) is 9.95. The Bertz CT molecular complexity index is 882. The third kappa shape index (κ3) is 3.35. The van der Waals surface area contributed by atoms with Gasteiger partial charge in [0.25, 0.3) is 0 Å². The summed E-state index contributed by atoms with van der Waals surface area (Å²) in [6, 6.07) is 8.41. The molecule has 1 amide bonds. The molecule has 0 bridgehead atoms. The highest BCUT2D eigenvalue weighted by Crippen LogP contribution is 2.26. The van der Waals surface area contributed by atoms with Gasteiger partial charge in [-0.25, -0.2) is 4.98 Å². The highest BCUT2D eigenvalue weighted by molar-refractivity contribution is 7.18. The number of hydrogen-bond acceptors (Lipinski definition) is 5. The van der Waals surface area contributed by atoms with E-state index in [1.54, 1.807) is 17.7 Å². The molecule has 1 atom stereocenters. The van der Waals surface area contributed by atoms with Crippen molar-refractivity contribution in [2.45, 2.75) is 45.1 Å². The molecule has 0 aliphatic carbocycles. The Hall–Kier alpha value is -2.28. The molecule has 0 saturated carbocycles. The normalized spacial score (nSPS) is 17.5. The van der Waals surface area contributed by atoms with E-state index in [-0.39, 0.29) is 11.9 Å². The van der Waals surface area contributed by atoms with Gasteiger partial charge in [0, 0.05) is 31.8 Å². The molecular formula is C19H23N5OS. The second-order valence-electron chi connectivity index (χ2n) is 7.11. The van der Waals surface area contributed by atoms with Gasteiger partial charge in [-0.05, 0) is 18.6 Å². The number of hydrogen-bond donors (Lipinski definition) is 0. The average Bonchev–Trinajstić information content (AvgIpc) is 3.37. The van der Waals surface area contributed by atoms with E-state index in [2.05, 4.69) is 39.7 Å².